The van der Waals surface area contributed by atoms with Crippen LogP contribution in [-0.4, -0.2) is 39.1 Å². The molecule has 120 valence electrons. The molecule has 2 saturated heterocycles. The minimum atomic E-state index is -0.696. The Hall–Kier alpha value is -1.83. The van der Waals surface area contributed by atoms with Crippen LogP contribution in [0.1, 0.15) is 23.9 Å². The molecule has 1 aromatic carbocycles. The fourth-order valence-corrected chi connectivity index (χ4v) is 3.40. The summed E-state index contributed by atoms with van der Waals surface area (Å²) < 4.78 is 15.2. The second-order valence-electron chi connectivity index (χ2n) is 5.94. The molecule has 0 N–H and O–H groups in total. The SMILES string of the molecule is Cn1c(Cc2ccccc2)nn([C@@H]2CC(=O)[C@@H]3OC[C@H]2O3)c1=S. The summed E-state index contributed by atoms with van der Waals surface area (Å²) in [6.07, 6.45) is 0.187. The van der Waals surface area contributed by atoms with Crippen LogP contribution < -0.4 is 0 Å². The smallest absolute Gasteiger partial charge is 0.218 e. The van der Waals surface area contributed by atoms with Crippen LogP contribution in [0.15, 0.2) is 30.3 Å². The molecule has 2 aromatic rings. The van der Waals surface area contributed by atoms with Gasteiger partial charge in [0.25, 0.3) is 0 Å². The van der Waals surface area contributed by atoms with Crippen molar-refractivity contribution in [3.63, 3.8) is 0 Å². The van der Waals surface area contributed by atoms with Crippen molar-refractivity contribution >= 4 is 18.0 Å². The Morgan fingerprint density at radius 3 is 2.91 bits per heavy atom. The van der Waals surface area contributed by atoms with Crippen molar-refractivity contribution in [3.8, 4) is 0 Å². The summed E-state index contributed by atoms with van der Waals surface area (Å²) in [6.45, 7) is 0.410. The largest absolute Gasteiger partial charge is 0.343 e. The summed E-state index contributed by atoms with van der Waals surface area (Å²) in [6, 6.07) is 9.93. The highest BCUT2D eigenvalue weighted by atomic mass is 32.1. The fourth-order valence-electron chi connectivity index (χ4n) is 3.11. The molecule has 3 heterocycles. The first-order valence-corrected chi connectivity index (χ1v) is 8.02. The van der Waals surface area contributed by atoms with Crippen molar-refractivity contribution in [1.82, 2.24) is 14.3 Å². The maximum atomic E-state index is 12.0. The van der Waals surface area contributed by atoms with Crippen molar-refractivity contribution in [2.75, 3.05) is 6.61 Å². The van der Waals surface area contributed by atoms with Gasteiger partial charge >= 0.3 is 0 Å². The van der Waals surface area contributed by atoms with Gasteiger partial charge in [-0.05, 0) is 17.8 Å². The third kappa shape index (κ3) is 2.54. The van der Waals surface area contributed by atoms with Gasteiger partial charge in [-0.25, -0.2) is 4.68 Å². The van der Waals surface area contributed by atoms with Crippen LogP contribution in [0.2, 0.25) is 0 Å². The Kier molecular flexibility index (Phi) is 3.63. The molecule has 0 amide bonds. The van der Waals surface area contributed by atoms with Gasteiger partial charge in [-0.15, -0.1) is 0 Å². The lowest BCUT2D eigenvalue weighted by atomic mass is 10.0. The Morgan fingerprint density at radius 1 is 1.35 bits per heavy atom. The van der Waals surface area contributed by atoms with E-state index >= 15 is 0 Å². The summed E-state index contributed by atoms with van der Waals surface area (Å²) in [4.78, 5) is 12.0. The van der Waals surface area contributed by atoms with Crippen molar-refractivity contribution in [1.29, 1.82) is 0 Å². The summed E-state index contributed by atoms with van der Waals surface area (Å²) in [5, 5.41) is 4.67. The number of Topliss-reactive ketones (excluding diaryl/α,β-unsaturated/α-hetero) is 1. The second-order valence-corrected chi connectivity index (χ2v) is 6.31. The second kappa shape index (κ2) is 5.67. The van der Waals surface area contributed by atoms with Crippen LogP contribution in [0.5, 0.6) is 0 Å². The zero-order chi connectivity index (χ0) is 16.0. The number of ketones is 1. The molecule has 2 aliphatic heterocycles. The van der Waals surface area contributed by atoms with Crippen LogP contribution in [-0.2, 0) is 27.7 Å². The molecular weight excluding hydrogens is 314 g/mol. The van der Waals surface area contributed by atoms with Gasteiger partial charge in [0.05, 0.1) is 12.6 Å². The number of nitrogens with zero attached hydrogens (tertiary/aromatic N) is 3. The standard InChI is InChI=1S/C16H17N3O3S/c1-18-14(7-10-5-3-2-4-6-10)17-19(16(18)23)11-8-12(20)15-21-9-13(11)22-15/h2-6,11,13,15H,7-9H2,1H3/t11-,13-,15-/m1/s1. The van der Waals surface area contributed by atoms with E-state index in [0.717, 1.165) is 5.82 Å². The van der Waals surface area contributed by atoms with E-state index in [2.05, 4.69) is 17.2 Å². The van der Waals surface area contributed by atoms with Crippen molar-refractivity contribution in [3.05, 3.63) is 46.5 Å². The van der Waals surface area contributed by atoms with Crippen molar-refractivity contribution in [2.45, 2.75) is 31.3 Å². The van der Waals surface area contributed by atoms with Crippen molar-refractivity contribution < 1.29 is 14.3 Å². The highest BCUT2D eigenvalue weighted by Gasteiger charge is 2.44. The third-order valence-corrected chi connectivity index (χ3v) is 4.89. The van der Waals surface area contributed by atoms with E-state index in [0.29, 0.717) is 24.2 Å². The zero-order valence-electron chi connectivity index (χ0n) is 12.7. The summed E-state index contributed by atoms with van der Waals surface area (Å²) in [5.41, 5.74) is 1.17. The van der Waals surface area contributed by atoms with Gasteiger partial charge in [0.2, 0.25) is 6.29 Å². The molecule has 0 radical (unpaired) electrons. The molecule has 0 unspecified atom stereocenters. The summed E-state index contributed by atoms with van der Waals surface area (Å²) in [7, 11) is 1.91. The first-order chi connectivity index (χ1) is 11.1. The Labute approximate surface area is 138 Å². The Bertz CT molecular complexity index is 799. The van der Waals surface area contributed by atoms with Crippen LogP contribution in [0.4, 0.5) is 0 Å². The molecule has 0 spiro atoms. The molecule has 23 heavy (non-hydrogen) atoms. The Morgan fingerprint density at radius 2 is 2.13 bits per heavy atom. The average Bonchev–Trinajstić information content (AvgIpc) is 3.11. The van der Waals surface area contributed by atoms with E-state index in [9.17, 15) is 4.79 Å². The van der Waals surface area contributed by atoms with E-state index < -0.39 is 6.29 Å². The third-order valence-electron chi connectivity index (χ3n) is 4.43. The predicted octanol–water partition coefficient (Wildman–Crippen LogP) is 1.80. The van der Waals surface area contributed by atoms with Gasteiger partial charge in [-0.2, -0.15) is 5.10 Å². The van der Waals surface area contributed by atoms with Gasteiger partial charge in [0.1, 0.15) is 11.9 Å². The topological polar surface area (TPSA) is 58.3 Å². The molecule has 6 nitrogen and oxygen atoms in total. The number of benzene rings is 1. The molecule has 2 bridgehead atoms. The lowest BCUT2D eigenvalue weighted by molar-refractivity contribution is -0.156. The first-order valence-electron chi connectivity index (χ1n) is 7.61. The molecule has 0 aliphatic carbocycles. The highest BCUT2D eigenvalue weighted by molar-refractivity contribution is 7.71. The minimum Gasteiger partial charge on any atom is -0.343 e. The average molecular weight is 331 g/mol. The number of aromatic nitrogens is 3. The van der Waals surface area contributed by atoms with Gasteiger partial charge in [0.15, 0.2) is 10.6 Å². The van der Waals surface area contributed by atoms with E-state index in [1.807, 2.05) is 29.8 Å². The number of carbonyl (C=O) groups excluding carboxylic acids is 1. The maximum absolute atomic E-state index is 12.0. The van der Waals surface area contributed by atoms with Gasteiger partial charge < -0.3 is 14.0 Å². The zero-order valence-corrected chi connectivity index (χ0v) is 13.5. The van der Waals surface area contributed by atoms with E-state index in [4.69, 9.17) is 21.7 Å². The normalized spacial score (nSPS) is 26.7. The van der Waals surface area contributed by atoms with Crippen LogP contribution in [0.3, 0.4) is 0 Å². The lowest BCUT2D eigenvalue weighted by Gasteiger charge is -2.26. The fraction of sp³-hybridized carbons (Fsp3) is 0.438. The van der Waals surface area contributed by atoms with E-state index in [-0.39, 0.29) is 17.9 Å². The Balaban J connectivity index is 1.66. The maximum Gasteiger partial charge on any atom is 0.218 e. The predicted molar refractivity (Wildman–Crippen MR) is 84.6 cm³/mol. The van der Waals surface area contributed by atoms with Gasteiger partial charge in [-0.3, -0.25) is 4.79 Å². The van der Waals surface area contributed by atoms with E-state index in [1.54, 1.807) is 4.68 Å². The molecule has 7 heteroatoms. The first kappa shape index (κ1) is 14.7. The molecule has 0 saturated carbocycles. The number of rotatable bonds is 3. The highest BCUT2D eigenvalue weighted by Crippen LogP contribution is 2.32. The number of hydrogen-bond acceptors (Lipinski definition) is 5. The molecule has 3 atom stereocenters. The summed E-state index contributed by atoms with van der Waals surface area (Å²) >= 11 is 5.52. The molecule has 2 fully saturated rings. The molecule has 1 aromatic heterocycles. The number of fused-ring (bicyclic) bond motifs is 2. The molecule has 2 aliphatic rings. The van der Waals surface area contributed by atoms with Crippen LogP contribution in [0, 0.1) is 4.77 Å². The minimum absolute atomic E-state index is 0.0408. The van der Waals surface area contributed by atoms with Gasteiger partial charge in [-0.1, -0.05) is 30.3 Å². The number of carbonyl (C=O) groups is 1. The molecular formula is C16H17N3O3S. The monoisotopic (exact) mass is 331 g/mol. The van der Waals surface area contributed by atoms with Crippen LogP contribution >= 0.6 is 12.2 Å². The number of hydrogen-bond donors (Lipinski definition) is 0. The van der Waals surface area contributed by atoms with Crippen molar-refractivity contribution in [2.24, 2.45) is 7.05 Å². The lowest BCUT2D eigenvalue weighted by Crippen LogP contribution is -2.37. The van der Waals surface area contributed by atoms with Gasteiger partial charge in [0, 0.05) is 19.9 Å². The summed E-state index contributed by atoms with van der Waals surface area (Å²) in [5.74, 6) is 0.829. The number of ether oxygens (including phenoxy) is 2. The van der Waals surface area contributed by atoms with Crippen LogP contribution in [0.25, 0.3) is 0 Å². The quantitative estimate of drug-likeness (QED) is 0.803. The molecule has 4 rings (SSSR count). The van der Waals surface area contributed by atoms with E-state index in [1.165, 1.54) is 5.56 Å².